The molecule has 0 saturated carbocycles. The van der Waals surface area contributed by atoms with E-state index in [0.29, 0.717) is 29.7 Å². The molecular formula is C11H11N3O3. The van der Waals surface area contributed by atoms with Crippen LogP contribution < -0.4 is 10.5 Å². The highest BCUT2D eigenvalue weighted by Crippen LogP contribution is 2.31. The number of benzene rings is 1. The normalized spacial score (nSPS) is 10.4. The van der Waals surface area contributed by atoms with E-state index in [1.807, 2.05) is 0 Å². The van der Waals surface area contributed by atoms with Crippen molar-refractivity contribution in [1.82, 2.24) is 4.98 Å². The van der Waals surface area contributed by atoms with Crippen LogP contribution in [0.4, 0.5) is 5.69 Å². The van der Waals surface area contributed by atoms with Crippen LogP contribution in [0.15, 0.2) is 30.6 Å². The van der Waals surface area contributed by atoms with Gasteiger partial charge >= 0.3 is 0 Å². The molecule has 0 bridgehead atoms. The molecule has 6 nitrogen and oxygen atoms in total. The summed E-state index contributed by atoms with van der Waals surface area (Å²) in [6.45, 7) is 0.751. The van der Waals surface area contributed by atoms with Gasteiger partial charge in [-0.3, -0.25) is 15.1 Å². The molecule has 6 heteroatoms. The summed E-state index contributed by atoms with van der Waals surface area (Å²) >= 11 is 0. The zero-order valence-electron chi connectivity index (χ0n) is 9.00. The summed E-state index contributed by atoms with van der Waals surface area (Å²) in [6, 6.07) is 4.59. The lowest BCUT2D eigenvalue weighted by atomic mass is 10.1. The quantitative estimate of drug-likeness (QED) is 0.637. The van der Waals surface area contributed by atoms with E-state index in [-0.39, 0.29) is 5.69 Å². The minimum atomic E-state index is -0.422. The van der Waals surface area contributed by atoms with Crippen molar-refractivity contribution in [1.29, 1.82) is 0 Å². The van der Waals surface area contributed by atoms with Gasteiger partial charge in [0.25, 0.3) is 5.69 Å². The molecule has 1 aromatic carbocycles. The number of rotatable bonds is 4. The Balaban J connectivity index is 2.58. The molecule has 0 unspecified atom stereocenters. The van der Waals surface area contributed by atoms with Gasteiger partial charge in [-0.25, -0.2) is 0 Å². The van der Waals surface area contributed by atoms with Crippen LogP contribution in [0.3, 0.4) is 0 Å². The number of nitrogens with two attached hydrogens (primary N) is 1. The predicted molar refractivity (Wildman–Crippen MR) is 62.9 cm³/mol. The standard InChI is InChI=1S/C11H11N3O3/c12-4-6-17-11-2-1-10(14(15)16)8-3-5-13-7-9(8)11/h1-3,5,7H,4,6,12H2. The van der Waals surface area contributed by atoms with Gasteiger partial charge in [-0.1, -0.05) is 0 Å². The largest absolute Gasteiger partial charge is 0.492 e. The summed E-state index contributed by atoms with van der Waals surface area (Å²) in [6.07, 6.45) is 3.07. The minimum Gasteiger partial charge on any atom is -0.492 e. The van der Waals surface area contributed by atoms with Crippen molar-refractivity contribution in [3.05, 3.63) is 40.7 Å². The lowest BCUT2D eigenvalue weighted by Crippen LogP contribution is -2.10. The average Bonchev–Trinajstić information content (AvgIpc) is 2.35. The van der Waals surface area contributed by atoms with Crippen LogP contribution in [0.5, 0.6) is 5.75 Å². The van der Waals surface area contributed by atoms with Gasteiger partial charge in [0.2, 0.25) is 0 Å². The molecule has 1 heterocycles. The first-order valence-corrected chi connectivity index (χ1v) is 5.08. The van der Waals surface area contributed by atoms with Gasteiger partial charge in [0.1, 0.15) is 12.4 Å². The Morgan fingerprint density at radius 2 is 2.18 bits per heavy atom. The number of nitrogens with zero attached hydrogens (tertiary/aromatic N) is 2. The van der Waals surface area contributed by atoms with Crippen molar-refractivity contribution in [3.63, 3.8) is 0 Å². The molecule has 0 atom stereocenters. The maximum Gasteiger partial charge on any atom is 0.277 e. The molecule has 0 fully saturated rings. The van der Waals surface area contributed by atoms with Crippen molar-refractivity contribution in [3.8, 4) is 5.75 Å². The second-order valence-corrected chi connectivity index (χ2v) is 3.40. The fourth-order valence-electron chi connectivity index (χ4n) is 1.60. The van der Waals surface area contributed by atoms with E-state index in [9.17, 15) is 10.1 Å². The Labute approximate surface area is 97.2 Å². The molecule has 2 rings (SSSR count). The molecule has 0 amide bonds. The number of ether oxygens (including phenoxy) is 1. The smallest absolute Gasteiger partial charge is 0.277 e. The summed E-state index contributed by atoms with van der Waals surface area (Å²) in [5.41, 5.74) is 5.39. The number of nitro groups is 1. The first-order valence-electron chi connectivity index (χ1n) is 5.08. The van der Waals surface area contributed by atoms with Gasteiger partial charge in [0.15, 0.2) is 0 Å². The highest BCUT2D eigenvalue weighted by atomic mass is 16.6. The summed E-state index contributed by atoms with van der Waals surface area (Å²) < 4.78 is 5.42. The average molecular weight is 233 g/mol. The van der Waals surface area contributed by atoms with E-state index >= 15 is 0 Å². The molecule has 0 aliphatic rings. The second-order valence-electron chi connectivity index (χ2n) is 3.40. The van der Waals surface area contributed by atoms with E-state index in [2.05, 4.69) is 4.98 Å². The van der Waals surface area contributed by atoms with Gasteiger partial charge in [-0.15, -0.1) is 0 Å². The van der Waals surface area contributed by atoms with E-state index in [4.69, 9.17) is 10.5 Å². The predicted octanol–water partition coefficient (Wildman–Crippen LogP) is 1.48. The van der Waals surface area contributed by atoms with Gasteiger partial charge in [0, 0.05) is 30.4 Å². The minimum absolute atomic E-state index is 0.0440. The fraction of sp³-hybridized carbons (Fsp3) is 0.182. The molecule has 88 valence electrons. The van der Waals surface area contributed by atoms with E-state index in [1.54, 1.807) is 18.3 Å². The monoisotopic (exact) mass is 233 g/mol. The van der Waals surface area contributed by atoms with Gasteiger partial charge in [-0.2, -0.15) is 0 Å². The molecule has 0 spiro atoms. The zero-order chi connectivity index (χ0) is 12.3. The van der Waals surface area contributed by atoms with Crippen LogP contribution in [0.1, 0.15) is 0 Å². The van der Waals surface area contributed by atoms with E-state index < -0.39 is 4.92 Å². The maximum atomic E-state index is 10.9. The summed E-state index contributed by atoms with van der Waals surface area (Å²) in [5.74, 6) is 0.559. The van der Waals surface area contributed by atoms with Crippen molar-refractivity contribution >= 4 is 16.5 Å². The molecule has 0 aliphatic heterocycles. The first-order chi connectivity index (χ1) is 8.24. The third kappa shape index (κ3) is 2.16. The number of nitro benzene ring substituents is 1. The third-order valence-electron chi connectivity index (χ3n) is 2.33. The lowest BCUT2D eigenvalue weighted by molar-refractivity contribution is -0.383. The molecule has 2 aromatic rings. The fourth-order valence-corrected chi connectivity index (χ4v) is 1.60. The number of hydrogen-bond acceptors (Lipinski definition) is 5. The third-order valence-corrected chi connectivity index (χ3v) is 2.33. The van der Waals surface area contributed by atoms with Gasteiger partial charge in [-0.05, 0) is 12.1 Å². The number of aromatic nitrogens is 1. The van der Waals surface area contributed by atoms with Crippen molar-refractivity contribution < 1.29 is 9.66 Å². The topological polar surface area (TPSA) is 91.3 Å². The summed E-state index contributed by atoms with van der Waals surface area (Å²) in [5, 5.41) is 12.0. The van der Waals surface area contributed by atoms with E-state index in [0.717, 1.165) is 0 Å². The van der Waals surface area contributed by atoms with Crippen molar-refractivity contribution in [2.45, 2.75) is 0 Å². The van der Waals surface area contributed by atoms with Crippen molar-refractivity contribution in [2.24, 2.45) is 5.73 Å². The SMILES string of the molecule is NCCOc1ccc([N+](=O)[O-])c2ccncc12. The first kappa shape index (κ1) is 11.3. The molecule has 17 heavy (non-hydrogen) atoms. The van der Waals surface area contributed by atoms with Crippen LogP contribution >= 0.6 is 0 Å². The van der Waals surface area contributed by atoms with Crippen molar-refractivity contribution in [2.75, 3.05) is 13.2 Å². The Morgan fingerprint density at radius 1 is 1.35 bits per heavy atom. The van der Waals surface area contributed by atoms with Crippen LogP contribution in [0, 0.1) is 10.1 Å². The number of hydrogen-bond donors (Lipinski definition) is 1. The highest BCUT2D eigenvalue weighted by Gasteiger charge is 2.14. The van der Waals surface area contributed by atoms with Crippen LogP contribution in [-0.4, -0.2) is 23.1 Å². The molecule has 2 N–H and O–H groups in total. The Bertz CT molecular complexity index is 557. The van der Waals surface area contributed by atoms with Crippen LogP contribution in [0.2, 0.25) is 0 Å². The molecule has 0 radical (unpaired) electrons. The number of fused-ring (bicyclic) bond motifs is 1. The Hall–Kier alpha value is -2.21. The van der Waals surface area contributed by atoms with E-state index in [1.165, 1.54) is 12.3 Å². The molecular weight excluding hydrogens is 222 g/mol. The molecule has 0 aliphatic carbocycles. The number of pyridine rings is 1. The second kappa shape index (κ2) is 4.75. The molecule has 1 aromatic heterocycles. The summed E-state index contributed by atoms with van der Waals surface area (Å²) in [7, 11) is 0. The molecule has 0 saturated heterocycles. The van der Waals surface area contributed by atoms with Gasteiger partial charge in [0.05, 0.1) is 10.3 Å². The Morgan fingerprint density at radius 3 is 2.88 bits per heavy atom. The summed E-state index contributed by atoms with van der Waals surface area (Å²) in [4.78, 5) is 14.4. The maximum absolute atomic E-state index is 10.9. The Kier molecular flexibility index (Phi) is 3.15. The lowest BCUT2D eigenvalue weighted by Gasteiger charge is -2.07. The van der Waals surface area contributed by atoms with Crippen LogP contribution in [0.25, 0.3) is 10.8 Å². The van der Waals surface area contributed by atoms with Gasteiger partial charge < -0.3 is 10.5 Å². The van der Waals surface area contributed by atoms with Crippen LogP contribution in [-0.2, 0) is 0 Å². The highest BCUT2D eigenvalue weighted by molar-refractivity contribution is 5.94. The number of non-ortho nitro benzene ring substituents is 1. The zero-order valence-corrected chi connectivity index (χ0v) is 9.00.